The highest BCUT2D eigenvalue weighted by molar-refractivity contribution is 9.10. The number of hydrogen-bond acceptors (Lipinski definition) is 0. The number of aromatic amines is 1. The van der Waals surface area contributed by atoms with Crippen molar-refractivity contribution in [3.8, 4) is 11.3 Å². The molecule has 0 unspecified atom stereocenters. The summed E-state index contributed by atoms with van der Waals surface area (Å²) in [6.45, 7) is 4.29. The smallest absolute Gasteiger partial charge is 0.0464 e. The lowest BCUT2D eigenvalue weighted by Crippen LogP contribution is -1.83. The molecule has 18 heavy (non-hydrogen) atoms. The van der Waals surface area contributed by atoms with Gasteiger partial charge in [0.2, 0.25) is 0 Å². The highest BCUT2D eigenvalue weighted by Crippen LogP contribution is 2.27. The third kappa shape index (κ3) is 1.97. The standard InChI is InChI=1S/C16H14BrN/c1-10-3-4-12(7-11(10)2)16-9-13-8-14(17)5-6-15(13)18-16/h3-9,18H,1-2H3. The molecule has 90 valence electrons. The second-order valence-electron chi connectivity index (χ2n) is 4.71. The van der Waals surface area contributed by atoms with E-state index in [1.165, 1.54) is 33.3 Å². The van der Waals surface area contributed by atoms with E-state index in [1.54, 1.807) is 0 Å². The van der Waals surface area contributed by atoms with Crippen molar-refractivity contribution in [2.75, 3.05) is 0 Å². The van der Waals surface area contributed by atoms with E-state index >= 15 is 0 Å². The average Bonchev–Trinajstić information content (AvgIpc) is 2.75. The highest BCUT2D eigenvalue weighted by atomic mass is 79.9. The summed E-state index contributed by atoms with van der Waals surface area (Å²) in [6.07, 6.45) is 0. The first-order chi connectivity index (χ1) is 8.63. The van der Waals surface area contributed by atoms with E-state index in [-0.39, 0.29) is 0 Å². The van der Waals surface area contributed by atoms with Gasteiger partial charge >= 0.3 is 0 Å². The van der Waals surface area contributed by atoms with E-state index in [0.717, 1.165) is 4.47 Å². The van der Waals surface area contributed by atoms with Crippen molar-refractivity contribution < 1.29 is 0 Å². The van der Waals surface area contributed by atoms with Crippen LogP contribution in [0.3, 0.4) is 0 Å². The molecule has 0 saturated carbocycles. The van der Waals surface area contributed by atoms with Crippen molar-refractivity contribution in [2.45, 2.75) is 13.8 Å². The van der Waals surface area contributed by atoms with Gasteiger partial charge in [0.05, 0.1) is 0 Å². The van der Waals surface area contributed by atoms with E-state index < -0.39 is 0 Å². The molecule has 1 nitrogen and oxygen atoms in total. The van der Waals surface area contributed by atoms with Gasteiger partial charge in [0.25, 0.3) is 0 Å². The number of fused-ring (bicyclic) bond motifs is 1. The number of hydrogen-bond donors (Lipinski definition) is 1. The van der Waals surface area contributed by atoms with Crippen LogP contribution in [0.15, 0.2) is 46.9 Å². The lowest BCUT2D eigenvalue weighted by Gasteiger charge is -2.03. The molecular formula is C16H14BrN. The van der Waals surface area contributed by atoms with E-state index in [1.807, 2.05) is 0 Å². The highest BCUT2D eigenvalue weighted by Gasteiger charge is 2.04. The van der Waals surface area contributed by atoms with Gasteiger partial charge in [0.15, 0.2) is 0 Å². The summed E-state index contributed by atoms with van der Waals surface area (Å²) in [5.41, 5.74) is 6.24. The van der Waals surface area contributed by atoms with Crippen molar-refractivity contribution in [3.63, 3.8) is 0 Å². The van der Waals surface area contributed by atoms with Gasteiger partial charge in [-0.15, -0.1) is 0 Å². The minimum absolute atomic E-state index is 1.11. The summed E-state index contributed by atoms with van der Waals surface area (Å²) in [5, 5.41) is 1.23. The van der Waals surface area contributed by atoms with Gasteiger partial charge in [0, 0.05) is 21.1 Å². The number of benzene rings is 2. The van der Waals surface area contributed by atoms with Crippen LogP contribution < -0.4 is 0 Å². The van der Waals surface area contributed by atoms with Crippen LogP contribution in [0.4, 0.5) is 0 Å². The van der Waals surface area contributed by atoms with Crippen LogP contribution in [-0.2, 0) is 0 Å². The Hall–Kier alpha value is -1.54. The predicted molar refractivity (Wildman–Crippen MR) is 80.9 cm³/mol. The largest absolute Gasteiger partial charge is 0.355 e. The maximum Gasteiger partial charge on any atom is 0.0464 e. The maximum atomic E-state index is 3.51. The fraction of sp³-hybridized carbons (Fsp3) is 0.125. The molecule has 0 saturated heterocycles. The van der Waals surface area contributed by atoms with Crippen LogP contribution in [-0.4, -0.2) is 4.98 Å². The van der Waals surface area contributed by atoms with Gasteiger partial charge < -0.3 is 4.98 Å². The molecule has 0 amide bonds. The van der Waals surface area contributed by atoms with E-state index in [4.69, 9.17) is 0 Å². The van der Waals surface area contributed by atoms with Crippen LogP contribution in [0.2, 0.25) is 0 Å². The molecule has 0 aliphatic carbocycles. The molecule has 3 rings (SSSR count). The lowest BCUT2D eigenvalue weighted by molar-refractivity contribution is 1.33. The van der Waals surface area contributed by atoms with E-state index in [2.05, 4.69) is 77.2 Å². The second kappa shape index (κ2) is 4.29. The summed E-state index contributed by atoms with van der Waals surface area (Å²) in [5.74, 6) is 0. The molecule has 0 aliphatic heterocycles. The summed E-state index contributed by atoms with van der Waals surface area (Å²) in [6, 6.07) is 15.1. The van der Waals surface area contributed by atoms with Crippen LogP contribution in [0.1, 0.15) is 11.1 Å². The SMILES string of the molecule is Cc1ccc(-c2cc3cc(Br)ccc3[nH]2)cc1C. The zero-order valence-electron chi connectivity index (χ0n) is 10.4. The molecule has 0 atom stereocenters. The fourth-order valence-electron chi connectivity index (χ4n) is 2.17. The van der Waals surface area contributed by atoms with Gasteiger partial charge in [-0.25, -0.2) is 0 Å². The van der Waals surface area contributed by atoms with Gasteiger partial charge in [-0.3, -0.25) is 0 Å². The molecule has 2 aromatic carbocycles. The van der Waals surface area contributed by atoms with Crippen molar-refractivity contribution in [1.29, 1.82) is 0 Å². The summed E-state index contributed by atoms with van der Waals surface area (Å²) in [7, 11) is 0. The molecule has 3 aromatic rings. The summed E-state index contributed by atoms with van der Waals surface area (Å²) < 4.78 is 1.11. The Kier molecular flexibility index (Phi) is 2.75. The first kappa shape index (κ1) is 11.5. The minimum atomic E-state index is 1.11. The molecule has 0 spiro atoms. The first-order valence-electron chi connectivity index (χ1n) is 5.99. The zero-order chi connectivity index (χ0) is 12.7. The Labute approximate surface area is 115 Å². The number of halogens is 1. The van der Waals surface area contributed by atoms with Crippen LogP contribution in [0.25, 0.3) is 22.2 Å². The third-order valence-electron chi connectivity index (χ3n) is 3.40. The van der Waals surface area contributed by atoms with E-state index in [9.17, 15) is 0 Å². The number of rotatable bonds is 1. The fourth-order valence-corrected chi connectivity index (χ4v) is 2.55. The van der Waals surface area contributed by atoms with Gasteiger partial charge in [-0.05, 0) is 60.9 Å². The Morgan fingerprint density at radius 3 is 2.50 bits per heavy atom. The van der Waals surface area contributed by atoms with Gasteiger partial charge in [0.1, 0.15) is 0 Å². The number of aromatic nitrogens is 1. The molecule has 1 N–H and O–H groups in total. The Morgan fingerprint density at radius 1 is 0.889 bits per heavy atom. The normalized spacial score (nSPS) is 11.1. The van der Waals surface area contributed by atoms with Crippen molar-refractivity contribution in [3.05, 3.63) is 58.1 Å². The molecular weight excluding hydrogens is 286 g/mol. The number of H-pyrrole nitrogens is 1. The Morgan fingerprint density at radius 2 is 1.72 bits per heavy atom. The number of aryl methyl sites for hydroxylation is 2. The predicted octanol–water partition coefficient (Wildman–Crippen LogP) is 5.21. The lowest BCUT2D eigenvalue weighted by atomic mass is 10.0. The maximum absolute atomic E-state index is 3.51. The van der Waals surface area contributed by atoms with Crippen molar-refractivity contribution >= 4 is 26.8 Å². The first-order valence-corrected chi connectivity index (χ1v) is 6.79. The molecule has 1 aromatic heterocycles. The molecule has 0 fully saturated rings. The Bertz CT molecular complexity index is 725. The van der Waals surface area contributed by atoms with Crippen LogP contribution in [0.5, 0.6) is 0 Å². The second-order valence-corrected chi connectivity index (χ2v) is 5.63. The zero-order valence-corrected chi connectivity index (χ0v) is 12.0. The monoisotopic (exact) mass is 299 g/mol. The third-order valence-corrected chi connectivity index (χ3v) is 3.89. The molecule has 0 aliphatic rings. The van der Waals surface area contributed by atoms with Crippen molar-refractivity contribution in [1.82, 2.24) is 4.98 Å². The topological polar surface area (TPSA) is 15.8 Å². The minimum Gasteiger partial charge on any atom is -0.355 e. The average molecular weight is 300 g/mol. The van der Waals surface area contributed by atoms with Crippen LogP contribution in [0, 0.1) is 13.8 Å². The molecule has 1 heterocycles. The van der Waals surface area contributed by atoms with Crippen molar-refractivity contribution in [2.24, 2.45) is 0 Å². The van der Waals surface area contributed by atoms with Gasteiger partial charge in [-0.1, -0.05) is 28.1 Å². The quantitative estimate of drug-likeness (QED) is 0.634. The molecule has 0 radical (unpaired) electrons. The molecule has 2 heteroatoms. The summed E-state index contributed by atoms with van der Waals surface area (Å²) in [4.78, 5) is 3.46. The molecule has 0 bridgehead atoms. The Balaban J connectivity index is 2.16. The van der Waals surface area contributed by atoms with Gasteiger partial charge in [-0.2, -0.15) is 0 Å². The van der Waals surface area contributed by atoms with Crippen LogP contribution >= 0.6 is 15.9 Å². The van der Waals surface area contributed by atoms with E-state index in [0.29, 0.717) is 0 Å². The number of nitrogens with one attached hydrogen (secondary N) is 1. The summed E-state index contributed by atoms with van der Waals surface area (Å²) >= 11 is 3.51.